The number of amidine groups is 2. The second-order valence-corrected chi connectivity index (χ2v) is 8.59. The van der Waals surface area contributed by atoms with E-state index in [1.165, 1.54) is 11.0 Å². The van der Waals surface area contributed by atoms with Crippen LogP contribution in [0.5, 0.6) is 0 Å². The molecule has 0 fully saturated rings. The summed E-state index contributed by atoms with van der Waals surface area (Å²) in [6.07, 6.45) is 0. The minimum absolute atomic E-state index is 0.00353. The van der Waals surface area contributed by atoms with E-state index >= 15 is 0 Å². The van der Waals surface area contributed by atoms with Gasteiger partial charge in [-0.25, -0.2) is 19.3 Å². The fourth-order valence-corrected chi connectivity index (χ4v) is 4.50. The summed E-state index contributed by atoms with van der Waals surface area (Å²) in [5.74, 6) is -0.386. The SMILES string of the molecule is Cc1ccc(NC(=O)CSC2=Nc3ccccc3C3=N[C@@H](c4ccccc4)C(=O)N23)cc1F. The highest BCUT2D eigenvalue weighted by Crippen LogP contribution is 2.37. The molecule has 0 radical (unpaired) electrons. The second-order valence-electron chi connectivity index (χ2n) is 7.65. The maximum absolute atomic E-state index is 13.8. The van der Waals surface area contributed by atoms with Crippen molar-refractivity contribution >= 4 is 46.0 Å². The molecule has 1 N–H and O–H groups in total. The summed E-state index contributed by atoms with van der Waals surface area (Å²) in [6.45, 7) is 1.66. The van der Waals surface area contributed by atoms with Gasteiger partial charge in [-0.05, 0) is 42.3 Å². The van der Waals surface area contributed by atoms with E-state index in [4.69, 9.17) is 4.99 Å². The summed E-state index contributed by atoms with van der Waals surface area (Å²) in [5.41, 5.74) is 3.14. The number of anilines is 1. The van der Waals surface area contributed by atoms with Crippen LogP contribution in [0.25, 0.3) is 0 Å². The van der Waals surface area contributed by atoms with Crippen molar-refractivity contribution in [3.05, 3.63) is 95.3 Å². The lowest BCUT2D eigenvalue weighted by molar-refractivity contribution is -0.124. The third kappa shape index (κ3) is 4.05. The van der Waals surface area contributed by atoms with Crippen LogP contribution in [0.4, 0.5) is 15.8 Å². The first kappa shape index (κ1) is 21.1. The molecule has 0 aliphatic carbocycles. The van der Waals surface area contributed by atoms with Gasteiger partial charge in [0.25, 0.3) is 5.91 Å². The zero-order chi connectivity index (χ0) is 22.9. The number of aliphatic imine (C=N–C) groups is 2. The van der Waals surface area contributed by atoms with Crippen LogP contribution >= 0.6 is 11.8 Å². The monoisotopic (exact) mass is 458 g/mol. The Labute approximate surface area is 194 Å². The third-order valence-corrected chi connectivity index (χ3v) is 6.31. The molecule has 0 saturated heterocycles. The number of amides is 2. The van der Waals surface area contributed by atoms with E-state index in [0.29, 0.717) is 27.9 Å². The van der Waals surface area contributed by atoms with Crippen molar-refractivity contribution < 1.29 is 14.0 Å². The fraction of sp³-hybridized carbons (Fsp3) is 0.120. The summed E-state index contributed by atoms with van der Waals surface area (Å²) in [4.78, 5) is 36.7. The molecule has 0 saturated carbocycles. The molecular weight excluding hydrogens is 439 g/mol. The number of para-hydroxylation sites is 1. The predicted molar refractivity (Wildman–Crippen MR) is 128 cm³/mol. The fourth-order valence-electron chi connectivity index (χ4n) is 3.70. The topological polar surface area (TPSA) is 74.1 Å². The number of thioether (sulfide) groups is 1. The van der Waals surface area contributed by atoms with Gasteiger partial charge < -0.3 is 5.32 Å². The highest BCUT2D eigenvalue weighted by molar-refractivity contribution is 8.14. The molecule has 0 aromatic heterocycles. The van der Waals surface area contributed by atoms with E-state index in [1.807, 2.05) is 54.6 Å². The largest absolute Gasteiger partial charge is 0.325 e. The average molecular weight is 459 g/mol. The maximum Gasteiger partial charge on any atom is 0.263 e. The zero-order valence-electron chi connectivity index (χ0n) is 17.7. The number of carbonyl (C=O) groups excluding carboxylic acids is 2. The van der Waals surface area contributed by atoms with Crippen LogP contribution in [-0.4, -0.2) is 33.5 Å². The molecule has 6 nitrogen and oxygen atoms in total. The number of aryl methyl sites for hydroxylation is 1. The van der Waals surface area contributed by atoms with Gasteiger partial charge in [0.1, 0.15) is 11.7 Å². The van der Waals surface area contributed by atoms with E-state index in [0.717, 1.165) is 22.9 Å². The van der Waals surface area contributed by atoms with Gasteiger partial charge in [0, 0.05) is 11.3 Å². The molecule has 2 aliphatic rings. The van der Waals surface area contributed by atoms with E-state index in [1.54, 1.807) is 19.1 Å². The van der Waals surface area contributed by atoms with Gasteiger partial charge in [-0.3, -0.25) is 9.59 Å². The number of nitrogens with one attached hydrogen (secondary N) is 1. The van der Waals surface area contributed by atoms with Crippen LogP contribution < -0.4 is 5.32 Å². The van der Waals surface area contributed by atoms with Crippen LogP contribution in [0.15, 0.2) is 82.8 Å². The van der Waals surface area contributed by atoms with Crippen molar-refractivity contribution in [2.75, 3.05) is 11.1 Å². The molecule has 33 heavy (non-hydrogen) atoms. The van der Waals surface area contributed by atoms with Crippen LogP contribution in [0.1, 0.15) is 22.7 Å². The Morgan fingerprint density at radius 2 is 1.85 bits per heavy atom. The summed E-state index contributed by atoms with van der Waals surface area (Å²) in [6, 6.07) is 20.7. The quantitative estimate of drug-likeness (QED) is 0.608. The number of halogens is 1. The average Bonchev–Trinajstić information content (AvgIpc) is 3.18. The van der Waals surface area contributed by atoms with Crippen LogP contribution in [0, 0.1) is 12.7 Å². The standard InChI is InChI=1S/C25H19FN4O2S/c1-15-11-12-17(13-19(15)26)27-21(31)14-33-25-28-20-10-6-5-9-18(20)23-29-22(24(32)30(23)25)16-7-3-2-4-8-16/h2-13,22H,14H2,1H3,(H,27,31)/t22-/m0/s1. The van der Waals surface area contributed by atoms with Crippen molar-refractivity contribution in [2.45, 2.75) is 13.0 Å². The number of rotatable bonds is 4. The van der Waals surface area contributed by atoms with Gasteiger partial charge in [0.15, 0.2) is 11.2 Å². The molecule has 3 aromatic carbocycles. The second kappa shape index (κ2) is 8.63. The molecule has 5 rings (SSSR count). The number of fused-ring (bicyclic) bond motifs is 3. The Kier molecular flexibility index (Phi) is 5.51. The molecular formula is C25H19FN4O2S. The minimum atomic E-state index is -0.664. The van der Waals surface area contributed by atoms with Gasteiger partial charge in [-0.15, -0.1) is 0 Å². The molecule has 2 amide bonds. The van der Waals surface area contributed by atoms with Gasteiger partial charge >= 0.3 is 0 Å². The molecule has 1 atom stereocenters. The highest BCUT2D eigenvalue weighted by atomic mass is 32.2. The predicted octanol–water partition coefficient (Wildman–Crippen LogP) is 4.84. The highest BCUT2D eigenvalue weighted by Gasteiger charge is 2.42. The van der Waals surface area contributed by atoms with Crippen LogP contribution in [-0.2, 0) is 9.59 Å². The molecule has 3 aromatic rings. The van der Waals surface area contributed by atoms with E-state index in [2.05, 4.69) is 10.3 Å². The molecule has 0 bridgehead atoms. The van der Waals surface area contributed by atoms with Crippen molar-refractivity contribution in [3.8, 4) is 0 Å². The van der Waals surface area contributed by atoms with Crippen molar-refractivity contribution in [1.82, 2.24) is 4.90 Å². The number of carbonyl (C=O) groups is 2. The molecule has 2 heterocycles. The maximum atomic E-state index is 13.8. The first-order valence-electron chi connectivity index (χ1n) is 10.3. The molecule has 2 aliphatic heterocycles. The molecule has 164 valence electrons. The Balaban J connectivity index is 1.39. The summed E-state index contributed by atoms with van der Waals surface area (Å²) >= 11 is 1.14. The van der Waals surface area contributed by atoms with Crippen molar-refractivity contribution in [1.29, 1.82) is 0 Å². The van der Waals surface area contributed by atoms with Crippen LogP contribution in [0.3, 0.4) is 0 Å². The first-order valence-corrected chi connectivity index (χ1v) is 11.3. The van der Waals surface area contributed by atoms with E-state index in [9.17, 15) is 14.0 Å². The Hall–Kier alpha value is -3.78. The summed E-state index contributed by atoms with van der Waals surface area (Å²) in [5, 5.41) is 3.08. The van der Waals surface area contributed by atoms with Gasteiger partial charge in [0.2, 0.25) is 5.91 Å². The molecule has 0 spiro atoms. The Morgan fingerprint density at radius 3 is 2.64 bits per heavy atom. The molecule has 8 heteroatoms. The van der Waals surface area contributed by atoms with Crippen molar-refractivity contribution in [2.24, 2.45) is 9.98 Å². The number of hydrogen-bond acceptors (Lipinski definition) is 5. The number of nitrogens with zero attached hydrogens (tertiary/aromatic N) is 3. The first-order chi connectivity index (χ1) is 16.0. The Morgan fingerprint density at radius 1 is 1.09 bits per heavy atom. The minimum Gasteiger partial charge on any atom is -0.325 e. The summed E-state index contributed by atoms with van der Waals surface area (Å²) < 4.78 is 13.8. The number of hydrogen-bond donors (Lipinski definition) is 1. The van der Waals surface area contributed by atoms with E-state index < -0.39 is 6.04 Å². The lowest BCUT2D eigenvalue weighted by Gasteiger charge is -2.25. The zero-order valence-corrected chi connectivity index (χ0v) is 18.5. The van der Waals surface area contributed by atoms with Gasteiger partial charge in [-0.2, -0.15) is 0 Å². The number of benzene rings is 3. The van der Waals surface area contributed by atoms with E-state index in [-0.39, 0.29) is 23.4 Å². The molecule has 0 unspecified atom stereocenters. The smallest absolute Gasteiger partial charge is 0.263 e. The third-order valence-electron chi connectivity index (χ3n) is 5.37. The Bertz CT molecular complexity index is 1320. The van der Waals surface area contributed by atoms with Crippen LogP contribution in [0.2, 0.25) is 0 Å². The summed E-state index contributed by atoms with van der Waals surface area (Å²) in [7, 11) is 0. The lowest BCUT2D eigenvalue weighted by atomic mass is 10.1. The van der Waals surface area contributed by atoms with Gasteiger partial charge in [0.05, 0.1) is 11.4 Å². The van der Waals surface area contributed by atoms with Crippen molar-refractivity contribution in [3.63, 3.8) is 0 Å². The van der Waals surface area contributed by atoms with Gasteiger partial charge in [-0.1, -0.05) is 60.3 Å². The lowest BCUT2D eigenvalue weighted by Crippen LogP contribution is -2.40. The normalized spacial score (nSPS) is 16.6.